The largest absolute Gasteiger partial charge is 0.453 e. The Morgan fingerprint density at radius 2 is 1.77 bits per heavy atom. The molecule has 0 aromatic heterocycles. The number of hydrogen-bond donors (Lipinski definition) is 0. The van der Waals surface area contributed by atoms with Crippen molar-refractivity contribution >= 4 is 46.8 Å². The van der Waals surface area contributed by atoms with E-state index >= 15 is 0 Å². The maximum absolute atomic E-state index is 13.5. The molecule has 8 heteroatoms. The molecule has 154 valence electrons. The molecular formula is C22H18Cl2N2O4. The number of benzene rings is 2. The fourth-order valence-corrected chi connectivity index (χ4v) is 3.47. The molecule has 2 aromatic rings. The Labute approximate surface area is 184 Å². The standard InChI is InChI=1S/C22H18Cl2N2O4/c1-15(27)30-13-7-6-12-25-21(29)26(17-10-11-18(23)19(24)14-17)20(28)22(25,2)16-8-4-3-5-9-16/h3-5,8-11,14H,12-13H2,1-2H3. The molecule has 6 nitrogen and oxygen atoms in total. The molecule has 1 aliphatic heterocycles. The van der Waals surface area contributed by atoms with Crippen LogP contribution in [0.3, 0.4) is 0 Å². The highest BCUT2D eigenvalue weighted by molar-refractivity contribution is 6.42. The lowest BCUT2D eigenvalue weighted by Crippen LogP contribution is -2.44. The van der Waals surface area contributed by atoms with Gasteiger partial charge in [-0.3, -0.25) is 14.5 Å². The van der Waals surface area contributed by atoms with Gasteiger partial charge in [-0.2, -0.15) is 0 Å². The summed E-state index contributed by atoms with van der Waals surface area (Å²) >= 11 is 12.1. The van der Waals surface area contributed by atoms with E-state index in [0.29, 0.717) is 16.3 Å². The first-order valence-electron chi connectivity index (χ1n) is 9.02. The number of anilines is 1. The average Bonchev–Trinajstić information content (AvgIpc) is 2.91. The normalized spacial score (nSPS) is 18.3. The van der Waals surface area contributed by atoms with Gasteiger partial charge in [-0.25, -0.2) is 9.69 Å². The summed E-state index contributed by atoms with van der Waals surface area (Å²) in [4.78, 5) is 40.1. The van der Waals surface area contributed by atoms with Crippen molar-refractivity contribution in [2.45, 2.75) is 19.4 Å². The fraction of sp³-hybridized carbons (Fsp3) is 0.227. The van der Waals surface area contributed by atoms with Crippen LogP contribution in [0.2, 0.25) is 10.0 Å². The van der Waals surface area contributed by atoms with Crippen LogP contribution in [-0.2, 0) is 19.9 Å². The van der Waals surface area contributed by atoms with E-state index in [0.717, 1.165) is 4.90 Å². The van der Waals surface area contributed by atoms with Crippen LogP contribution in [0.1, 0.15) is 19.4 Å². The SMILES string of the molecule is CC(=O)OCC#CCN1C(=O)N(c2ccc(Cl)c(Cl)c2)C(=O)C1(C)c1ccccc1. The van der Waals surface area contributed by atoms with Gasteiger partial charge in [-0.1, -0.05) is 65.4 Å². The molecule has 2 aromatic carbocycles. The van der Waals surface area contributed by atoms with Crippen molar-refractivity contribution in [3.63, 3.8) is 0 Å². The van der Waals surface area contributed by atoms with Crippen LogP contribution in [0.25, 0.3) is 0 Å². The molecule has 1 fully saturated rings. The Morgan fingerprint density at radius 1 is 1.07 bits per heavy atom. The molecule has 0 saturated carbocycles. The number of carbonyl (C=O) groups is 3. The zero-order valence-electron chi connectivity index (χ0n) is 16.3. The number of halogens is 2. The van der Waals surface area contributed by atoms with Crippen molar-refractivity contribution in [3.8, 4) is 11.8 Å². The van der Waals surface area contributed by atoms with E-state index in [9.17, 15) is 14.4 Å². The quantitative estimate of drug-likeness (QED) is 0.401. The van der Waals surface area contributed by atoms with Gasteiger partial charge in [0.15, 0.2) is 6.61 Å². The molecule has 1 saturated heterocycles. The highest BCUT2D eigenvalue weighted by Gasteiger charge is 2.55. The lowest BCUT2D eigenvalue weighted by atomic mass is 9.90. The number of ether oxygens (including phenoxy) is 1. The Hall–Kier alpha value is -3.01. The number of esters is 1. The lowest BCUT2D eigenvalue weighted by Gasteiger charge is -2.30. The molecule has 0 aliphatic carbocycles. The molecule has 1 aliphatic rings. The van der Waals surface area contributed by atoms with Crippen LogP contribution in [0.4, 0.5) is 10.5 Å². The van der Waals surface area contributed by atoms with Crippen molar-refractivity contribution in [1.29, 1.82) is 0 Å². The monoisotopic (exact) mass is 444 g/mol. The van der Waals surface area contributed by atoms with Gasteiger partial charge >= 0.3 is 12.0 Å². The smallest absolute Gasteiger partial charge is 0.333 e. The van der Waals surface area contributed by atoms with Crippen molar-refractivity contribution in [2.75, 3.05) is 18.1 Å². The third-order valence-corrected chi connectivity index (χ3v) is 5.53. The number of amides is 3. The first-order valence-corrected chi connectivity index (χ1v) is 9.78. The van der Waals surface area contributed by atoms with E-state index in [1.807, 2.05) is 6.07 Å². The number of urea groups is 1. The molecule has 0 spiro atoms. The third-order valence-electron chi connectivity index (χ3n) is 4.79. The maximum Gasteiger partial charge on any atom is 0.333 e. The van der Waals surface area contributed by atoms with E-state index in [4.69, 9.17) is 27.9 Å². The lowest BCUT2D eigenvalue weighted by molar-refractivity contribution is -0.139. The molecule has 3 rings (SSSR count). The minimum Gasteiger partial charge on any atom is -0.453 e. The number of hydrogen-bond acceptors (Lipinski definition) is 4. The molecule has 0 radical (unpaired) electrons. The number of nitrogens with zero attached hydrogens (tertiary/aromatic N) is 2. The maximum atomic E-state index is 13.5. The molecule has 1 unspecified atom stereocenters. The second kappa shape index (κ2) is 8.78. The summed E-state index contributed by atoms with van der Waals surface area (Å²) in [6.07, 6.45) is 0. The molecule has 1 heterocycles. The topological polar surface area (TPSA) is 66.9 Å². The molecular weight excluding hydrogens is 427 g/mol. The number of imide groups is 1. The van der Waals surface area contributed by atoms with Gasteiger partial charge in [0.25, 0.3) is 5.91 Å². The van der Waals surface area contributed by atoms with E-state index in [1.165, 1.54) is 24.0 Å². The molecule has 1 atom stereocenters. The van der Waals surface area contributed by atoms with Gasteiger partial charge in [-0.15, -0.1) is 0 Å². The highest BCUT2D eigenvalue weighted by atomic mass is 35.5. The minimum absolute atomic E-state index is 0.0327. The Bertz CT molecular complexity index is 1060. The molecule has 30 heavy (non-hydrogen) atoms. The van der Waals surface area contributed by atoms with Crippen LogP contribution < -0.4 is 4.90 Å². The van der Waals surface area contributed by atoms with Crippen LogP contribution in [-0.4, -0.2) is 36.0 Å². The second-order valence-corrected chi connectivity index (χ2v) is 7.49. The van der Waals surface area contributed by atoms with E-state index in [1.54, 1.807) is 37.3 Å². The predicted molar refractivity (Wildman–Crippen MR) is 114 cm³/mol. The molecule has 0 N–H and O–H groups in total. The van der Waals surface area contributed by atoms with Crippen molar-refractivity contribution < 1.29 is 19.1 Å². The highest BCUT2D eigenvalue weighted by Crippen LogP contribution is 2.40. The Balaban J connectivity index is 2.01. The minimum atomic E-state index is -1.28. The van der Waals surface area contributed by atoms with Gasteiger partial charge in [0.2, 0.25) is 0 Å². The van der Waals surface area contributed by atoms with Gasteiger partial charge in [0.05, 0.1) is 22.3 Å². The van der Waals surface area contributed by atoms with E-state index in [2.05, 4.69) is 11.8 Å². The number of rotatable bonds is 4. The van der Waals surface area contributed by atoms with Gasteiger partial charge < -0.3 is 4.74 Å². The van der Waals surface area contributed by atoms with Gasteiger partial charge in [0.1, 0.15) is 5.54 Å². The summed E-state index contributed by atoms with van der Waals surface area (Å²) in [5.74, 6) is 4.61. The summed E-state index contributed by atoms with van der Waals surface area (Å²) in [6, 6.07) is 13.0. The summed E-state index contributed by atoms with van der Waals surface area (Å²) < 4.78 is 4.79. The Morgan fingerprint density at radius 3 is 2.40 bits per heavy atom. The van der Waals surface area contributed by atoms with Crippen molar-refractivity contribution in [3.05, 3.63) is 64.1 Å². The van der Waals surface area contributed by atoms with Gasteiger partial charge in [-0.05, 0) is 30.7 Å². The fourth-order valence-electron chi connectivity index (χ4n) is 3.18. The summed E-state index contributed by atoms with van der Waals surface area (Å²) in [5.41, 5.74) is -0.315. The van der Waals surface area contributed by atoms with Gasteiger partial charge in [0, 0.05) is 6.92 Å². The summed E-state index contributed by atoms with van der Waals surface area (Å²) in [6.45, 7) is 2.83. The predicted octanol–water partition coefficient (Wildman–Crippen LogP) is 4.24. The molecule has 0 bridgehead atoms. The first kappa shape index (κ1) is 21.7. The van der Waals surface area contributed by atoms with Crippen LogP contribution >= 0.6 is 23.2 Å². The van der Waals surface area contributed by atoms with Crippen LogP contribution in [0, 0.1) is 11.8 Å². The van der Waals surface area contributed by atoms with Crippen molar-refractivity contribution in [1.82, 2.24) is 4.90 Å². The van der Waals surface area contributed by atoms with Crippen LogP contribution in [0.5, 0.6) is 0 Å². The average molecular weight is 445 g/mol. The first-order chi connectivity index (χ1) is 14.3. The van der Waals surface area contributed by atoms with Crippen molar-refractivity contribution in [2.24, 2.45) is 0 Å². The van der Waals surface area contributed by atoms with E-state index < -0.39 is 23.4 Å². The molecule has 3 amide bonds. The third kappa shape index (κ3) is 4.00. The Kier molecular flexibility index (Phi) is 6.35. The zero-order valence-corrected chi connectivity index (χ0v) is 17.8. The summed E-state index contributed by atoms with van der Waals surface area (Å²) in [7, 11) is 0. The zero-order chi connectivity index (χ0) is 21.9. The summed E-state index contributed by atoms with van der Waals surface area (Å²) in [5, 5.41) is 0.550. The second-order valence-electron chi connectivity index (χ2n) is 6.68. The van der Waals surface area contributed by atoms with Crippen LogP contribution in [0.15, 0.2) is 48.5 Å². The van der Waals surface area contributed by atoms with E-state index in [-0.39, 0.29) is 18.2 Å². The number of carbonyl (C=O) groups excluding carboxylic acids is 3.